The third-order valence-electron chi connectivity index (χ3n) is 3.03. The minimum absolute atomic E-state index is 0.387. The van der Waals surface area contributed by atoms with Crippen LogP contribution in [0.2, 0.25) is 0 Å². The molecule has 0 aliphatic rings. The lowest BCUT2D eigenvalue weighted by molar-refractivity contribution is 0.563. The number of para-hydroxylation sites is 2. The topological polar surface area (TPSA) is 64.0 Å². The van der Waals surface area contributed by atoms with E-state index in [1.54, 1.807) is 20.2 Å². The molecule has 1 aromatic carbocycles. The first-order valence-electron chi connectivity index (χ1n) is 6.39. The molecule has 0 bridgehead atoms. The van der Waals surface area contributed by atoms with Crippen LogP contribution in [-0.4, -0.2) is 29.8 Å². The molecule has 6 heteroatoms. The largest absolute Gasteiger partial charge is 0.331 e. The number of hydrogen-bond acceptors (Lipinski definition) is 3. The summed E-state index contributed by atoms with van der Waals surface area (Å²) in [5.41, 5.74) is 2.04. The Hall–Kier alpha value is -1.40. The van der Waals surface area contributed by atoms with Crippen LogP contribution in [0, 0.1) is 0 Å². The smallest absolute Gasteiger partial charge is 0.213 e. The van der Waals surface area contributed by atoms with Gasteiger partial charge in [0.05, 0.1) is 22.6 Å². The number of nitrogens with zero attached hydrogens (tertiary/aromatic N) is 2. The number of aryl methyl sites for hydroxylation is 1. The van der Waals surface area contributed by atoms with Gasteiger partial charge in [-0.05, 0) is 32.4 Å². The first kappa shape index (κ1) is 14.0. The lowest BCUT2D eigenvalue weighted by atomic mass is 10.3. The molecule has 19 heavy (non-hydrogen) atoms. The predicted octanol–water partition coefficient (Wildman–Crippen LogP) is 1.75. The maximum Gasteiger partial charge on any atom is 0.213 e. The van der Waals surface area contributed by atoms with Gasteiger partial charge in [-0.25, -0.2) is 18.1 Å². The van der Waals surface area contributed by atoms with Gasteiger partial charge in [0.1, 0.15) is 0 Å². The number of benzene rings is 1. The van der Waals surface area contributed by atoms with Crippen molar-refractivity contribution < 1.29 is 8.42 Å². The molecule has 0 aliphatic carbocycles. The minimum atomic E-state index is -3.16. The third kappa shape index (κ3) is 3.33. The molecule has 0 saturated carbocycles. The highest BCUT2D eigenvalue weighted by Gasteiger charge is 2.14. The van der Waals surface area contributed by atoms with Crippen molar-refractivity contribution in [3.05, 3.63) is 30.6 Å². The molecule has 0 amide bonds. The van der Waals surface area contributed by atoms with E-state index in [1.165, 1.54) is 0 Å². The Bertz CT molecular complexity index is 647. The van der Waals surface area contributed by atoms with Gasteiger partial charge in [-0.15, -0.1) is 0 Å². The van der Waals surface area contributed by atoms with E-state index in [1.807, 2.05) is 28.8 Å². The lowest BCUT2D eigenvalue weighted by Gasteiger charge is -2.09. The summed E-state index contributed by atoms with van der Waals surface area (Å²) < 4.78 is 27.8. The van der Waals surface area contributed by atoms with E-state index in [4.69, 9.17) is 0 Å². The Kier molecular flexibility index (Phi) is 4.21. The van der Waals surface area contributed by atoms with E-state index >= 15 is 0 Å². The fourth-order valence-corrected chi connectivity index (χ4v) is 2.58. The van der Waals surface area contributed by atoms with E-state index in [9.17, 15) is 8.42 Å². The third-order valence-corrected chi connectivity index (χ3v) is 4.87. The number of hydrogen-bond donors (Lipinski definition) is 1. The molecule has 0 unspecified atom stereocenters. The van der Waals surface area contributed by atoms with Crippen molar-refractivity contribution in [1.82, 2.24) is 14.3 Å². The molecule has 104 valence electrons. The Balaban J connectivity index is 1.90. The molecule has 2 rings (SSSR count). The predicted molar refractivity (Wildman–Crippen MR) is 76.4 cm³/mol. The van der Waals surface area contributed by atoms with E-state index in [2.05, 4.69) is 9.71 Å². The second-order valence-corrected chi connectivity index (χ2v) is 7.09. The molecule has 0 saturated heterocycles. The molecular weight excluding hydrogens is 262 g/mol. The summed E-state index contributed by atoms with van der Waals surface area (Å²) in [5, 5.41) is -0.387. The zero-order valence-corrected chi connectivity index (χ0v) is 12.0. The number of aromatic nitrogens is 2. The molecule has 0 radical (unpaired) electrons. The maximum atomic E-state index is 11.6. The number of rotatable bonds is 6. The highest BCUT2D eigenvalue weighted by molar-refractivity contribution is 7.90. The average Bonchev–Trinajstić information content (AvgIpc) is 2.78. The van der Waals surface area contributed by atoms with Gasteiger partial charge in [0.15, 0.2) is 0 Å². The molecule has 1 heterocycles. The summed E-state index contributed by atoms with van der Waals surface area (Å²) >= 11 is 0. The molecule has 1 aromatic heterocycles. The standard InChI is InChI=1S/C13H19N3O2S/c1-11(2)19(17,18)15-8-5-9-16-10-14-12-6-3-4-7-13(12)16/h3-4,6-7,10-11,15H,5,8-9H2,1-2H3. The summed E-state index contributed by atoms with van der Waals surface area (Å²) in [4.78, 5) is 4.30. The minimum Gasteiger partial charge on any atom is -0.331 e. The molecule has 0 spiro atoms. The van der Waals surface area contributed by atoms with Crippen molar-refractivity contribution in [2.24, 2.45) is 0 Å². The van der Waals surface area contributed by atoms with Gasteiger partial charge in [-0.2, -0.15) is 0 Å². The zero-order chi connectivity index (χ0) is 13.9. The van der Waals surface area contributed by atoms with Crippen molar-refractivity contribution in [2.45, 2.75) is 32.1 Å². The fraction of sp³-hybridized carbons (Fsp3) is 0.462. The highest BCUT2D eigenvalue weighted by Crippen LogP contribution is 2.11. The number of imidazole rings is 1. The second kappa shape index (κ2) is 5.71. The van der Waals surface area contributed by atoms with Gasteiger partial charge in [0.25, 0.3) is 0 Å². The molecule has 0 fully saturated rings. The summed E-state index contributed by atoms with van der Waals surface area (Å²) in [6.45, 7) is 4.55. The Labute approximate surface area is 113 Å². The molecule has 0 aliphatic heterocycles. The summed E-state index contributed by atoms with van der Waals surface area (Å²) in [7, 11) is -3.16. The van der Waals surface area contributed by atoms with Crippen LogP contribution < -0.4 is 4.72 Å². The van der Waals surface area contributed by atoms with E-state index in [0.29, 0.717) is 6.54 Å². The number of fused-ring (bicyclic) bond motifs is 1. The van der Waals surface area contributed by atoms with E-state index in [0.717, 1.165) is 24.0 Å². The molecule has 0 atom stereocenters. The van der Waals surface area contributed by atoms with Crippen LogP contribution in [0.25, 0.3) is 11.0 Å². The SMILES string of the molecule is CC(C)S(=O)(=O)NCCCn1cnc2ccccc21. The van der Waals surface area contributed by atoms with Gasteiger partial charge in [0, 0.05) is 13.1 Å². The molecule has 1 N–H and O–H groups in total. The van der Waals surface area contributed by atoms with Gasteiger partial charge in [-0.3, -0.25) is 0 Å². The lowest BCUT2D eigenvalue weighted by Crippen LogP contribution is -2.31. The zero-order valence-electron chi connectivity index (χ0n) is 11.2. The van der Waals surface area contributed by atoms with Gasteiger partial charge in [-0.1, -0.05) is 12.1 Å². The van der Waals surface area contributed by atoms with Gasteiger partial charge in [0.2, 0.25) is 10.0 Å². The van der Waals surface area contributed by atoms with Crippen LogP contribution >= 0.6 is 0 Å². The summed E-state index contributed by atoms with van der Waals surface area (Å²) in [6, 6.07) is 7.91. The van der Waals surface area contributed by atoms with Crippen LogP contribution in [-0.2, 0) is 16.6 Å². The fourth-order valence-electron chi connectivity index (χ4n) is 1.82. The van der Waals surface area contributed by atoms with Crippen LogP contribution in [0.4, 0.5) is 0 Å². The Morgan fingerprint density at radius 1 is 1.32 bits per heavy atom. The van der Waals surface area contributed by atoms with Crippen molar-refractivity contribution in [2.75, 3.05) is 6.54 Å². The number of nitrogens with one attached hydrogen (secondary N) is 1. The quantitative estimate of drug-likeness (QED) is 0.821. The van der Waals surface area contributed by atoms with Crippen molar-refractivity contribution in [3.63, 3.8) is 0 Å². The maximum absolute atomic E-state index is 11.6. The second-order valence-electron chi connectivity index (χ2n) is 4.77. The van der Waals surface area contributed by atoms with Crippen LogP contribution in [0.5, 0.6) is 0 Å². The Morgan fingerprint density at radius 3 is 2.79 bits per heavy atom. The summed E-state index contributed by atoms with van der Waals surface area (Å²) in [6.07, 6.45) is 2.54. The van der Waals surface area contributed by atoms with Crippen molar-refractivity contribution in [1.29, 1.82) is 0 Å². The highest BCUT2D eigenvalue weighted by atomic mass is 32.2. The van der Waals surface area contributed by atoms with Crippen molar-refractivity contribution >= 4 is 21.1 Å². The first-order chi connectivity index (χ1) is 9.00. The molecule has 5 nitrogen and oxygen atoms in total. The normalized spacial score (nSPS) is 12.4. The first-order valence-corrected chi connectivity index (χ1v) is 7.93. The average molecular weight is 281 g/mol. The van der Waals surface area contributed by atoms with Crippen LogP contribution in [0.15, 0.2) is 30.6 Å². The van der Waals surface area contributed by atoms with E-state index in [-0.39, 0.29) is 5.25 Å². The number of sulfonamides is 1. The van der Waals surface area contributed by atoms with Crippen LogP contribution in [0.3, 0.4) is 0 Å². The van der Waals surface area contributed by atoms with Gasteiger partial charge < -0.3 is 4.57 Å². The molecule has 2 aromatic rings. The van der Waals surface area contributed by atoms with E-state index < -0.39 is 10.0 Å². The van der Waals surface area contributed by atoms with Gasteiger partial charge >= 0.3 is 0 Å². The van der Waals surface area contributed by atoms with Crippen molar-refractivity contribution in [3.8, 4) is 0 Å². The van der Waals surface area contributed by atoms with Crippen LogP contribution in [0.1, 0.15) is 20.3 Å². The Morgan fingerprint density at radius 2 is 2.05 bits per heavy atom. The summed E-state index contributed by atoms with van der Waals surface area (Å²) in [5.74, 6) is 0. The monoisotopic (exact) mass is 281 g/mol. The molecular formula is C13H19N3O2S.